The molecule has 0 spiro atoms. The van der Waals surface area contributed by atoms with Gasteiger partial charge in [0, 0.05) is 31.9 Å². The molecule has 0 amide bonds. The van der Waals surface area contributed by atoms with E-state index in [-0.39, 0.29) is 6.10 Å². The topological polar surface area (TPSA) is 41.3 Å². The van der Waals surface area contributed by atoms with Gasteiger partial charge in [-0.05, 0) is 13.0 Å². The Labute approximate surface area is 97.9 Å². The predicted octanol–water partition coefficient (Wildman–Crippen LogP) is 1.26. The van der Waals surface area contributed by atoms with E-state index in [1.807, 2.05) is 26.5 Å². The van der Waals surface area contributed by atoms with Gasteiger partial charge in [0.2, 0.25) is 0 Å². The van der Waals surface area contributed by atoms with Crippen LogP contribution in [0.3, 0.4) is 0 Å². The van der Waals surface area contributed by atoms with Gasteiger partial charge in [-0.25, -0.2) is 0 Å². The zero-order chi connectivity index (χ0) is 12.1. The van der Waals surface area contributed by atoms with Gasteiger partial charge in [0.05, 0.1) is 12.3 Å². The molecule has 0 aliphatic rings. The minimum absolute atomic E-state index is 0.244. The van der Waals surface area contributed by atoms with Crippen LogP contribution in [-0.4, -0.2) is 39.5 Å². The number of nitrogens with zero attached hydrogens (tertiary/aromatic N) is 3. The number of aromatic nitrogens is 2. The zero-order valence-electron chi connectivity index (χ0n) is 10.7. The van der Waals surface area contributed by atoms with Crippen LogP contribution in [0, 0.1) is 5.92 Å². The Bertz CT molecular complexity index is 311. The summed E-state index contributed by atoms with van der Waals surface area (Å²) < 4.78 is 1.80. The van der Waals surface area contributed by atoms with Gasteiger partial charge in [0.25, 0.3) is 0 Å². The van der Waals surface area contributed by atoms with Crippen molar-refractivity contribution in [2.75, 3.05) is 13.6 Å². The number of hydrogen-bond donors (Lipinski definition) is 1. The minimum atomic E-state index is -0.244. The van der Waals surface area contributed by atoms with E-state index < -0.39 is 0 Å². The van der Waals surface area contributed by atoms with Crippen LogP contribution in [-0.2, 0) is 13.6 Å². The summed E-state index contributed by atoms with van der Waals surface area (Å²) in [6.45, 7) is 5.74. The first-order chi connectivity index (χ1) is 7.52. The monoisotopic (exact) mass is 225 g/mol. The molecule has 4 nitrogen and oxygen atoms in total. The summed E-state index contributed by atoms with van der Waals surface area (Å²) in [6, 6.07) is 0. The van der Waals surface area contributed by atoms with Gasteiger partial charge in [-0.2, -0.15) is 5.10 Å². The predicted molar refractivity (Wildman–Crippen MR) is 65.0 cm³/mol. The van der Waals surface area contributed by atoms with Crippen molar-refractivity contribution in [3.8, 4) is 0 Å². The Morgan fingerprint density at radius 2 is 2.25 bits per heavy atom. The largest absolute Gasteiger partial charge is 0.392 e. The van der Waals surface area contributed by atoms with Crippen molar-refractivity contribution in [3.05, 3.63) is 18.0 Å². The van der Waals surface area contributed by atoms with Crippen molar-refractivity contribution in [2.45, 2.75) is 32.9 Å². The molecule has 0 aliphatic heterocycles. The molecule has 1 N–H and O–H groups in total. The Kier molecular flexibility index (Phi) is 4.96. The number of likely N-dealkylation sites (N-methyl/N-ethyl adjacent to an activating group) is 1. The SMILES string of the molecule is CCC(C)C(O)CN(C)Cc1cnn(C)c1. The Hall–Kier alpha value is -0.870. The summed E-state index contributed by atoms with van der Waals surface area (Å²) in [5.74, 6) is 0.358. The lowest BCUT2D eigenvalue weighted by Gasteiger charge is -2.23. The third-order valence-corrected chi connectivity index (χ3v) is 3.01. The fourth-order valence-electron chi connectivity index (χ4n) is 1.70. The summed E-state index contributed by atoms with van der Waals surface area (Å²) in [5.41, 5.74) is 1.18. The summed E-state index contributed by atoms with van der Waals surface area (Å²) in [7, 11) is 3.94. The summed E-state index contributed by atoms with van der Waals surface area (Å²) in [4.78, 5) is 2.13. The Morgan fingerprint density at radius 1 is 1.56 bits per heavy atom. The first kappa shape index (κ1) is 13.2. The maximum Gasteiger partial charge on any atom is 0.0692 e. The van der Waals surface area contributed by atoms with Crippen LogP contribution in [0.1, 0.15) is 25.8 Å². The van der Waals surface area contributed by atoms with Crippen LogP contribution in [0.15, 0.2) is 12.4 Å². The molecular weight excluding hydrogens is 202 g/mol. The molecule has 0 aromatic carbocycles. The molecule has 0 saturated heterocycles. The van der Waals surface area contributed by atoms with E-state index in [0.29, 0.717) is 12.5 Å². The van der Waals surface area contributed by atoms with Crippen LogP contribution >= 0.6 is 0 Å². The van der Waals surface area contributed by atoms with Gasteiger partial charge in [-0.1, -0.05) is 20.3 Å². The van der Waals surface area contributed by atoms with Crippen molar-refractivity contribution >= 4 is 0 Å². The normalized spacial score (nSPS) is 15.4. The molecule has 92 valence electrons. The molecular formula is C12H23N3O. The number of hydrogen-bond acceptors (Lipinski definition) is 3. The van der Waals surface area contributed by atoms with E-state index in [1.54, 1.807) is 4.68 Å². The number of aryl methyl sites for hydroxylation is 1. The molecule has 16 heavy (non-hydrogen) atoms. The lowest BCUT2D eigenvalue weighted by Crippen LogP contribution is -2.32. The average molecular weight is 225 g/mol. The lowest BCUT2D eigenvalue weighted by molar-refractivity contribution is 0.0754. The second-order valence-corrected chi connectivity index (χ2v) is 4.67. The van der Waals surface area contributed by atoms with Crippen LogP contribution in [0.5, 0.6) is 0 Å². The fraction of sp³-hybridized carbons (Fsp3) is 0.750. The molecule has 0 bridgehead atoms. The molecule has 2 atom stereocenters. The van der Waals surface area contributed by atoms with Gasteiger partial charge in [-0.3, -0.25) is 9.58 Å². The smallest absolute Gasteiger partial charge is 0.0692 e. The van der Waals surface area contributed by atoms with Gasteiger partial charge >= 0.3 is 0 Å². The molecule has 0 fully saturated rings. The zero-order valence-corrected chi connectivity index (χ0v) is 10.7. The van der Waals surface area contributed by atoms with Crippen molar-refractivity contribution in [2.24, 2.45) is 13.0 Å². The maximum absolute atomic E-state index is 9.91. The maximum atomic E-state index is 9.91. The van der Waals surface area contributed by atoms with E-state index in [1.165, 1.54) is 5.56 Å². The molecule has 1 aromatic rings. The van der Waals surface area contributed by atoms with Crippen LogP contribution in [0.2, 0.25) is 0 Å². The first-order valence-corrected chi connectivity index (χ1v) is 5.87. The van der Waals surface area contributed by atoms with Crippen molar-refractivity contribution in [1.29, 1.82) is 0 Å². The molecule has 0 aliphatic carbocycles. The highest BCUT2D eigenvalue weighted by Crippen LogP contribution is 2.10. The second kappa shape index (κ2) is 6.01. The minimum Gasteiger partial charge on any atom is -0.392 e. The van der Waals surface area contributed by atoms with Gasteiger partial charge < -0.3 is 5.11 Å². The summed E-state index contributed by atoms with van der Waals surface area (Å²) >= 11 is 0. The molecule has 0 radical (unpaired) electrons. The van der Waals surface area contributed by atoms with Crippen LogP contribution in [0.4, 0.5) is 0 Å². The summed E-state index contributed by atoms with van der Waals surface area (Å²) in [5, 5.41) is 14.0. The highest BCUT2D eigenvalue weighted by Gasteiger charge is 2.14. The quantitative estimate of drug-likeness (QED) is 0.792. The van der Waals surface area contributed by atoms with E-state index in [0.717, 1.165) is 13.0 Å². The van der Waals surface area contributed by atoms with Crippen LogP contribution < -0.4 is 0 Å². The van der Waals surface area contributed by atoms with E-state index >= 15 is 0 Å². The Morgan fingerprint density at radius 3 is 2.75 bits per heavy atom. The average Bonchev–Trinajstić information content (AvgIpc) is 2.62. The molecule has 4 heteroatoms. The number of aliphatic hydroxyl groups excluding tert-OH is 1. The van der Waals surface area contributed by atoms with Crippen LogP contribution in [0.25, 0.3) is 0 Å². The van der Waals surface area contributed by atoms with Crippen molar-refractivity contribution in [3.63, 3.8) is 0 Å². The van der Waals surface area contributed by atoms with Crippen molar-refractivity contribution < 1.29 is 5.11 Å². The standard InChI is InChI=1S/C12H23N3O/c1-5-10(2)12(16)9-14(3)7-11-6-13-15(4)8-11/h6,8,10,12,16H,5,7,9H2,1-4H3. The third-order valence-electron chi connectivity index (χ3n) is 3.01. The number of aliphatic hydroxyl groups is 1. The first-order valence-electron chi connectivity index (χ1n) is 5.87. The molecule has 0 saturated carbocycles. The highest BCUT2D eigenvalue weighted by atomic mass is 16.3. The molecule has 1 rings (SSSR count). The lowest BCUT2D eigenvalue weighted by atomic mass is 10.0. The van der Waals surface area contributed by atoms with E-state index in [2.05, 4.69) is 23.8 Å². The Balaban J connectivity index is 2.38. The van der Waals surface area contributed by atoms with Gasteiger partial charge in [0.15, 0.2) is 0 Å². The molecule has 2 unspecified atom stereocenters. The molecule has 1 heterocycles. The van der Waals surface area contributed by atoms with Gasteiger partial charge in [0.1, 0.15) is 0 Å². The van der Waals surface area contributed by atoms with Crippen molar-refractivity contribution in [1.82, 2.24) is 14.7 Å². The second-order valence-electron chi connectivity index (χ2n) is 4.67. The van der Waals surface area contributed by atoms with Gasteiger partial charge in [-0.15, -0.1) is 0 Å². The summed E-state index contributed by atoms with van der Waals surface area (Å²) in [6.07, 6.45) is 4.65. The van der Waals surface area contributed by atoms with E-state index in [9.17, 15) is 5.11 Å². The fourth-order valence-corrected chi connectivity index (χ4v) is 1.70. The third kappa shape index (κ3) is 3.94. The van der Waals surface area contributed by atoms with E-state index in [4.69, 9.17) is 0 Å². The number of rotatable bonds is 6. The highest BCUT2D eigenvalue weighted by molar-refractivity contribution is 5.03. The molecule has 1 aromatic heterocycles.